The van der Waals surface area contributed by atoms with Crippen LogP contribution in [0, 0.1) is 0 Å². The summed E-state index contributed by atoms with van der Waals surface area (Å²) < 4.78 is 2.18. The Labute approximate surface area is 122 Å². The topological polar surface area (TPSA) is 44.9 Å². The number of para-hydroxylation sites is 1. The molecule has 1 N–H and O–H groups in total. The minimum absolute atomic E-state index is 0.0210. The second-order valence-corrected chi connectivity index (χ2v) is 5.06. The summed E-state index contributed by atoms with van der Waals surface area (Å²) in [5.74, 6) is 0. The Morgan fingerprint density at radius 2 is 1.76 bits per heavy atom. The fraction of sp³-hybridized carbons (Fsp3) is 0.125. The third kappa shape index (κ3) is 2.12. The number of hydrogen-bond donors (Lipinski definition) is 1. The van der Waals surface area contributed by atoms with Gasteiger partial charge in [-0.3, -0.25) is 5.43 Å². The normalized spacial score (nSPS) is 17.3. The number of fused-ring (bicyclic) bond motifs is 1. The SMILES string of the molecule is c1ccc(C2NN=NN2Cn2ccc3ccccc32)cc1. The van der Waals surface area contributed by atoms with Gasteiger partial charge in [-0.25, -0.2) is 5.01 Å². The minimum atomic E-state index is -0.0210. The second-order valence-electron chi connectivity index (χ2n) is 5.06. The first kappa shape index (κ1) is 12.0. The number of rotatable bonds is 3. The number of hydrogen-bond acceptors (Lipinski definition) is 4. The molecule has 3 aromatic rings. The van der Waals surface area contributed by atoms with Crippen molar-refractivity contribution < 1.29 is 0 Å². The molecule has 1 aliphatic heterocycles. The average Bonchev–Trinajstić information content (AvgIpc) is 3.16. The van der Waals surface area contributed by atoms with Crippen LogP contribution in [-0.4, -0.2) is 9.58 Å². The van der Waals surface area contributed by atoms with Crippen LogP contribution in [0.2, 0.25) is 0 Å². The predicted molar refractivity (Wildman–Crippen MR) is 81.0 cm³/mol. The summed E-state index contributed by atoms with van der Waals surface area (Å²) in [7, 11) is 0. The third-order valence-corrected chi connectivity index (χ3v) is 3.73. The highest BCUT2D eigenvalue weighted by Crippen LogP contribution is 2.24. The van der Waals surface area contributed by atoms with E-state index in [0.29, 0.717) is 6.67 Å². The van der Waals surface area contributed by atoms with E-state index in [1.54, 1.807) is 0 Å². The lowest BCUT2D eigenvalue weighted by atomic mass is 10.2. The Hall–Kier alpha value is -2.82. The molecule has 0 saturated carbocycles. The maximum absolute atomic E-state index is 4.20. The quantitative estimate of drug-likeness (QED) is 0.796. The standard InChI is InChI=1S/C16H15N5/c1-2-7-14(8-3-1)16-17-18-19-21(16)12-20-11-10-13-6-4-5-9-15(13)20/h1-11,16H,12H2,(H,17,19). The summed E-state index contributed by atoms with van der Waals surface area (Å²) in [6, 6.07) is 20.7. The molecule has 0 amide bonds. The molecule has 2 aromatic carbocycles. The molecule has 0 bridgehead atoms. The van der Waals surface area contributed by atoms with E-state index in [4.69, 9.17) is 0 Å². The molecule has 5 heteroatoms. The van der Waals surface area contributed by atoms with Crippen molar-refractivity contribution in [1.29, 1.82) is 0 Å². The van der Waals surface area contributed by atoms with Crippen molar-refractivity contribution in [2.24, 2.45) is 10.4 Å². The summed E-state index contributed by atoms with van der Waals surface area (Å²) in [5.41, 5.74) is 5.41. The van der Waals surface area contributed by atoms with Gasteiger partial charge in [0, 0.05) is 11.7 Å². The Balaban J connectivity index is 1.63. The molecule has 1 aliphatic rings. The summed E-state index contributed by atoms with van der Waals surface area (Å²) in [5, 5.41) is 11.4. The minimum Gasteiger partial charge on any atom is -0.328 e. The van der Waals surface area contributed by atoms with E-state index < -0.39 is 0 Å². The van der Waals surface area contributed by atoms with Gasteiger partial charge in [0.25, 0.3) is 0 Å². The zero-order valence-electron chi connectivity index (χ0n) is 11.4. The monoisotopic (exact) mass is 277 g/mol. The van der Waals surface area contributed by atoms with Gasteiger partial charge in [0.1, 0.15) is 6.67 Å². The van der Waals surface area contributed by atoms with Crippen LogP contribution in [0.4, 0.5) is 0 Å². The molecular formula is C16H15N5. The Bertz CT molecular complexity index is 777. The van der Waals surface area contributed by atoms with E-state index in [-0.39, 0.29) is 6.17 Å². The van der Waals surface area contributed by atoms with Crippen molar-refractivity contribution in [2.45, 2.75) is 12.8 Å². The molecule has 4 rings (SSSR count). The molecule has 0 radical (unpaired) electrons. The van der Waals surface area contributed by atoms with E-state index in [1.807, 2.05) is 23.2 Å². The first-order chi connectivity index (χ1) is 10.4. The van der Waals surface area contributed by atoms with Gasteiger partial charge in [0.15, 0.2) is 6.17 Å². The Morgan fingerprint density at radius 1 is 0.952 bits per heavy atom. The van der Waals surface area contributed by atoms with Crippen LogP contribution in [0.3, 0.4) is 0 Å². The maximum Gasteiger partial charge on any atom is 0.162 e. The van der Waals surface area contributed by atoms with Gasteiger partial charge < -0.3 is 4.57 Å². The summed E-state index contributed by atoms with van der Waals surface area (Å²) in [6.07, 6.45) is 2.06. The number of aromatic nitrogens is 1. The van der Waals surface area contributed by atoms with E-state index >= 15 is 0 Å². The molecule has 104 valence electrons. The molecule has 21 heavy (non-hydrogen) atoms. The number of nitrogens with zero attached hydrogens (tertiary/aromatic N) is 4. The van der Waals surface area contributed by atoms with Gasteiger partial charge in [-0.05, 0) is 28.3 Å². The van der Waals surface area contributed by atoms with Gasteiger partial charge in [0.05, 0.1) is 0 Å². The lowest BCUT2D eigenvalue weighted by Gasteiger charge is -2.22. The van der Waals surface area contributed by atoms with Crippen molar-refractivity contribution in [2.75, 3.05) is 0 Å². The molecule has 0 aliphatic carbocycles. The number of nitrogens with one attached hydrogen (secondary N) is 1. The summed E-state index contributed by atoms with van der Waals surface area (Å²) >= 11 is 0. The lowest BCUT2D eigenvalue weighted by Crippen LogP contribution is -2.28. The lowest BCUT2D eigenvalue weighted by molar-refractivity contribution is 0.172. The molecule has 0 saturated heterocycles. The molecule has 0 spiro atoms. The Kier molecular flexibility index (Phi) is 2.81. The summed E-state index contributed by atoms with van der Waals surface area (Å²) in [6.45, 7) is 0.656. The highest BCUT2D eigenvalue weighted by atomic mass is 15.8. The van der Waals surface area contributed by atoms with Crippen molar-refractivity contribution in [3.05, 3.63) is 72.4 Å². The average molecular weight is 277 g/mol. The smallest absolute Gasteiger partial charge is 0.162 e. The van der Waals surface area contributed by atoms with Crippen LogP contribution in [0.1, 0.15) is 11.7 Å². The number of benzene rings is 2. The van der Waals surface area contributed by atoms with Gasteiger partial charge in [-0.1, -0.05) is 53.8 Å². The van der Waals surface area contributed by atoms with Gasteiger partial charge in [-0.15, -0.1) is 0 Å². The molecule has 1 unspecified atom stereocenters. The highest BCUT2D eigenvalue weighted by Gasteiger charge is 2.23. The fourth-order valence-corrected chi connectivity index (χ4v) is 2.67. The van der Waals surface area contributed by atoms with Crippen LogP contribution in [-0.2, 0) is 6.67 Å². The fourth-order valence-electron chi connectivity index (χ4n) is 2.67. The predicted octanol–water partition coefficient (Wildman–Crippen LogP) is 3.49. The molecular weight excluding hydrogens is 262 g/mol. The molecule has 2 heterocycles. The molecule has 1 atom stereocenters. The van der Waals surface area contributed by atoms with Crippen molar-refractivity contribution in [3.8, 4) is 0 Å². The highest BCUT2D eigenvalue weighted by molar-refractivity contribution is 5.79. The first-order valence-electron chi connectivity index (χ1n) is 6.93. The molecule has 5 nitrogen and oxygen atoms in total. The zero-order valence-corrected chi connectivity index (χ0v) is 11.4. The summed E-state index contributed by atoms with van der Waals surface area (Å²) in [4.78, 5) is 0. The van der Waals surface area contributed by atoms with Crippen LogP contribution in [0.15, 0.2) is 77.3 Å². The maximum atomic E-state index is 4.20. The van der Waals surface area contributed by atoms with E-state index in [0.717, 1.165) is 5.56 Å². The van der Waals surface area contributed by atoms with Gasteiger partial charge >= 0.3 is 0 Å². The van der Waals surface area contributed by atoms with Crippen LogP contribution in [0.5, 0.6) is 0 Å². The van der Waals surface area contributed by atoms with Crippen molar-refractivity contribution in [3.63, 3.8) is 0 Å². The van der Waals surface area contributed by atoms with E-state index in [1.165, 1.54) is 10.9 Å². The van der Waals surface area contributed by atoms with E-state index in [2.05, 4.69) is 69.1 Å². The third-order valence-electron chi connectivity index (χ3n) is 3.73. The largest absolute Gasteiger partial charge is 0.328 e. The van der Waals surface area contributed by atoms with Crippen LogP contribution < -0.4 is 5.43 Å². The Morgan fingerprint density at radius 3 is 2.67 bits per heavy atom. The van der Waals surface area contributed by atoms with Crippen LogP contribution >= 0.6 is 0 Å². The molecule has 0 fully saturated rings. The molecule has 1 aromatic heterocycles. The van der Waals surface area contributed by atoms with Gasteiger partial charge in [-0.2, -0.15) is 0 Å². The van der Waals surface area contributed by atoms with E-state index in [9.17, 15) is 0 Å². The zero-order chi connectivity index (χ0) is 14.1. The van der Waals surface area contributed by atoms with Crippen molar-refractivity contribution >= 4 is 10.9 Å². The van der Waals surface area contributed by atoms with Gasteiger partial charge in [0.2, 0.25) is 0 Å². The van der Waals surface area contributed by atoms with Crippen molar-refractivity contribution in [1.82, 2.24) is 15.0 Å². The second kappa shape index (κ2) is 4.94. The first-order valence-corrected chi connectivity index (χ1v) is 6.93. The van der Waals surface area contributed by atoms with Crippen LogP contribution in [0.25, 0.3) is 10.9 Å².